The minimum atomic E-state index is -4.01. The first-order valence-corrected chi connectivity index (χ1v) is 7.39. The van der Waals surface area contributed by atoms with Gasteiger partial charge in [0.2, 0.25) is 15.9 Å². The van der Waals surface area contributed by atoms with E-state index in [4.69, 9.17) is 10.2 Å². The van der Waals surface area contributed by atoms with E-state index < -0.39 is 20.7 Å². The highest BCUT2D eigenvalue weighted by Crippen LogP contribution is 2.17. The lowest BCUT2D eigenvalue weighted by atomic mass is 10.3. The van der Waals surface area contributed by atoms with Crippen LogP contribution in [0, 0.1) is 5.82 Å². The van der Waals surface area contributed by atoms with E-state index >= 15 is 0 Å². The Morgan fingerprint density at radius 1 is 1.45 bits per heavy atom. The fourth-order valence-electron chi connectivity index (χ4n) is 1.55. The number of nitrogens with zero attached hydrogens (tertiary/aromatic N) is 1. The molecule has 0 saturated carbocycles. The monoisotopic (exact) mass is 299 g/mol. The molecule has 1 aromatic carbocycles. The summed E-state index contributed by atoms with van der Waals surface area (Å²) in [5.74, 6) is -0.00239. The lowest BCUT2D eigenvalue weighted by Gasteiger charge is -2.06. The van der Waals surface area contributed by atoms with Crippen LogP contribution in [0.25, 0.3) is 0 Å². The van der Waals surface area contributed by atoms with Gasteiger partial charge in [-0.3, -0.25) is 0 Å². The first-order chi connectivity index (χ1) is 9.42. The molecular formula is C12H14FN3O3S. The third-order valence-electron chi connectivity index (χ3n) is 2.61. The second-order valence-corrected chi connectivity index (χ2v) is 5.82. The molecule has 0 radical (unpaired) electrons. The van der Waals surface area contributed by atoms with E-state index in [2.05, 4.69) is 9.71 Å². The molecule has 20 heavy (non-hydrogen) atoms. The van der Waals surface area contributed by atoms with E-state index in [9.17, 15) is 12.8 Å². The van der Waals surface area contributed by atoms with Gasteiger partial charge < -0.3 is 10.2 Å². The lowest BCUT2D eigenvalue weighted by Crippen LogP contribution is -2.24. The van der Waals surface area contributed by atoms with Gasteiger partial charge in [-0.1, -0.05) is 6.92 Å². The van der Waals surface area contributed by atoms with Crippen LogP contribution in [0.4, 0.5) is 10.1 Å². The Bertz CT molecular complexity index is 712. The number of hydrogen-bond donors (Lipinski definition) is 2. The van der Waals surface area contributed by atoms with Crippen LogP contribution in [0.15, 0.2) is 33.7 Å². The maximum absolute atomic E-state index is 13.5. The van der Waals surface area contributed by atoms with Gasteiger partial charge in [0.15, 0.2) is 0 Å². The number of aryl methyl sites for hydroxylation is 1. The van der Waals surface area contributed by atoms with Crippen molar-refractivity contribution in [3.63, 3.8) is 0 Å². The average molecular weight is 299 g/mol. The van der Waals surface area contributed by atoms with Crippen molar-refractivity contribution in [3.05, 3.63) is 41.9 Å². The molecule has 0 atom stereocenters. The first kappa shape index (κ1) is 14.5. The number of anilines is 1. The second-order valence-electron chi connectivity index (χ2n) is 4.09. The lowest BCUT2D eigenvalue weighted by molar-refractivity contribution is 0.451. The zero-order chi connectivity index (χ0) is 14.8. The van der Waals surface area contributed by atoms with Crippen molar-refractivity contribution >= 4 is 15.7 Å². The molecule has 1 aromatic heterocycles. The summed E-state index contributed by atoms with van der Waals surface area (Å²) in [7, 11) is -4.01. The van der Waals surface area contributed by atoms with E-state index in [1.807, 2.05) is 6.92 Å². The molecular weight excluding hydrogens is 285 g/mol. The molecule has 108 valence electrons. The Morgan fingerprint density at radius 3 is 2.85 bits per heavy atom. The Balaban J connectivity index is 2.17. The van der Waals surface area contributed by atoms with Gasteiger partial charge in [-0.05, 0) is 18.2 Å². The summed E-state index contributed by atoms with van der Waals surface area (Å²) < 4.78 is 45.0. The van der Waals surface area contributed by atoms with E-state index in [0.717, 1.165) is 12.1 Å². The maximum atomic E-state index is 13.5. The predicted octanol–water partition coefficient (Wildman–Crippen LogP) is 1.44. The van der Waals surface area contributed by atoms with Crippen LogP contribution in [-0.4, -0.2) is 13.4 Å². The van der Waals surface area contributed by atoms with Crippen LogP contribution in [-0.2, 0) is 23.0 Å². The smallest absolute Gasteiger partial charge is 0.244 e. The van der Waals surface area contributed by atoms with E-state index in [1.54, 1.807) is 0 Å². The number of nitrogen functional groups attached to an aromatic ring is 1. The SMILES string of the molecule is CCc1cnc(CNS(=O)(=O)c2cc(N)ccc2F)o1. The quantitative estimate of drug-likeness (QED) is 0.814. The highest BCUT2D eigenvalue weighted by atomic mass is 32.2. The number of hydrogen-bond acceptors (Lipinski definition) is 5. The molecule has 0 spiro atoms. The summed E-state index contributed by atoms with van der Waals surface area (Å²) >= 11 is 0. The molecule has 0 saturated heterocycles. The largest absolute Gasteiger partial charge is 0.444 e. The van der Waals surface area contributed by atoms with Crippen molar-refractivity contribution in [2.75, 3.05) is 5.73 Å². The summed E-state index contributed by atoms with van der Waals surface area (Å²) in [4.78, 5) is 3.41. The number of sulfonamides is 1. The van der Waals surface area contributed by atoms with Crippen molar-refractivity contribution in [2.24, 2.45) is 0 Å². The molecule has 0 aliphatic rings. The average Bonchev–Trinajstić information content (AvgIpc) is 2.87. The van der Waals surface area contributed by atoms with Crippen molar-refractivity contribution in [1.82, 2.24) is 9.71 Å². The Morgan fingerprint density at radius 2 is 2.20 bits per heavy atom. The summed E-state index contributed by atoms with van der Waals surface area (Å²) in [6.07, 6.45) is 2.17. The van der Waals surface area contributed by atoms with Crippen LogP contribution in [0.2, 0.25) is 0 Å². The highest BCUT2D eigenvalue weighted by Gasteiger charge is 2.20. The van der Waals surface area contributed by atoms with Gasteiger partial charge >= 0.3 is 0 Å². The Kier molecular flexibility index (Phi) is 4.05. The molecule has 1 heterocycles. The third-order valence-corrected chi connectivity index (χ3v) is 4.02. The summed E-state index contributed by atoms with van der Waals surface area (Å²) in [6.45, 7) is 1.73. The van der Waals surface area contributed by atoms with Crippen LogP contribution in [0.5, 0.6) is 0 Å². The summed E-state index contributed by atoms with van der Waals surface area (Å²) in [6, 6.07) is 3.35. The van der Waals surface area contributed by atoms with Gasteiger partial charge in [-0.2, -0.15) is 0 Å². The number of aromatic nitrogens is 1. The molecule has 6 nitrogen and oxygen atoms in total. The first-order valence-electron chi connectivity index (χ1n) is 5.90. The van der Waals surface area contributed by atoms with Crippen LogP contribution >= 0.6 is 0 Å². The van der Waals surface area contributed by atoms with E-state index in [-0.39, 0.29) is 18.1 Å². The number of nitrogens with two attached hydrogens (primary N) is 1. The fourth-order valence-corrected chi connectivity index (χ4v) is 2.64. The minimum absolute atomic E-state index is 0.156. The Hall–Kier alpha value is -1.93. The molecule has 0 bridgehead atoms. The molecule has 0 unspecified atom stereocenters. The second kappa shape index (κ2) is 5.59. The number of oxazole rings is 1. The molecule has 0 aliphatic heterocycles. The van der Waals surface area contributed by atoms with Crippen LogP contribution < -0.4 is 10.5 Å². The molecule has 0 aliphatic carbocycles. The number of benzene rings is 1. The van der Waals surface area contributed by atoms with Crippen molar-refractivity contribution in [1.29, 1.82) is 0 Å². The number of rotatable bonds is 5. The summed E-state index contributed by atoms with van der Waals surface area (Å²) in [5, 5.41) is 0. The molecule has 2 rings (SSSR count). The molecule has 2 aromatic rings. The van der Waals surface area contributed by atoms with Gasteiger partial charge in [-0.15, -0.1) is 0 Å². The molecule has 3 N–H and O–H groups in total. The standard InChI is InChI=1S/C12H14FN3O3S/c1-2-9-6-15-12(19-9)7-16-20(17,18)11-5-8(14)3-4-10(11)13/h3-6,16H,2,7,14H2,1H3. The highest BCUT2D eigenvalue weighted by molar-refractivity contribution is 7.89. The van der Waals surface area contributed by atoms with Crippen molar-refractivity contribution < 1.29 is 17.2 Å². The molecule has 0 amide bonds. The van der Waals surface area contributed by atoms with Gasteiger partial charge in [0.25, 0.3) is 0 Å². The normalized spacial score (nSPS) is 11.7. The van der Waals surface area contributed by atoms with E-state index in [0.29, 0.717) is 12.2 Å². The zero-order valence-corrected chi connectivity index (χ0v) is 11.6. The third kappa shape index (κ3) is 3.14. The molecule has 8 heteroatoms. The maximum Gasteiger partial charge on any atom is 0.244 e. The molecule has 0 fully saturated rings. The van der Waals surface area contributed by atoms with Crippen molar-refractivity contribution in [2.45, 2.75) is 24.8 Å². The van der Waals surface area contributed by atoms with Gasteiger partial charge in [0.05, 0.1) is 12.7 Å². The predicted molar refractivity (Wildman–Crippen MR) is 70.7 cm³/mol. The summed E-state index contributed by atoms with van der Waals surface area (Å²) in [5.41, 5.74) is 5.63. The minimum Gasteiger partial charge on any atom is -0.444 e. The van der Waals surface area contributed by atoms with Gasteiger partial charge in [-0.25, -0.2) is 22.5 Å². The number of nitrogens with one attached hydrogen (secondary N) is 1. The Labute approximate surface area is 115 Å². The van der Waals surface area contributed by atoms with Gasteiger partial charge in [0, 0.05) is 12.1 Å². The zero-order valence-electron chi connectivity index (χ0n) is 10.8. The van der Waals surface area contributed by atoms with Crippen LogP contribution in [0.1, 0.15) is 18.6 Å². The van der Waals surface area contributed by atoms with Crippen molar-refractivity contribution in [3.8, 4) is 0 Å². The topological polar surface area (TPSA) is 98.2 Å². The van der Waals surface area contributed by atoms with Gasteiger partial charge in [0.1, 0.15) is 16.5 Å². The fraction of sp³-hybridized carbons (Fsp3) is 0.250. The number of halogens is 1. The van der Waals surface area contributed by atoms with E-state index in [1.165, 1.54) is 12.3 Å². The van der Waals surface area contributed by atoms with Crippen LogP contribution in [0.3, 0.4) is 0 Å².